The summed E-state index contributed by atoms with van der Waals surface area (Å²) >= 11 is 0. The van der Waals surface area contributed by atoms with E-state index in [1.165, 1.54) is 5.52 Å². The molecule has 0 spiro atoms. The van der Waals surface area contributed by atoms with Crippen LogP contribution in [0.15, 0.2) is 24.3 Å². The SMILES string of the molecule is CCc1nc2ccccc2n1CCC1CCCC1(O)CN. The minimum atomic E-state index is -0.650. The Bertz CT molecular complexity index is 622. The summed E-state index contributed by atoms with van der Waals surface area (Å²) < 4.78 is 2.31. The lowest BCUT2D eigenvalue weighted by atomic mass is 9.88. The minimum absolute atomic E-state index is 0.313. The summed E-state index contributed by atoms with van der Waals surface area (Å²) in [4.78, 5) is 4.71. The van der Waals surface area contributed by atoms with Crippen LogP contribution in [0.3, 0.4) is 0 Å². The number of benzene rings is 1. The number of aliphatic hydroxyl groups is 1. The third-order valence-corrected chi connectivity index (χ3v) is 5.03. The second kappa shape index (κ2) is 5.78. The fourth-order valence-corrected chi connectivity index (χ4v) is 3.74. The van der Waals surface area contributed by atoms with Crippen LogP contribution in [0, 0.1) is 5.92 Å². The molecule has 0 amide bonds. The van der Waals surface area contributed by atoms with Gasteiger partial charge in [-0.3, -0.25) is 0 Å². The Morgan fingerprint density at radius 3 is 3.00 bits per heavy atom. The first-order chi connectivity index (χ1) is 10.2. The molecular formula is C17H25N3O. The van der Waals surface area contributed by atoms with Crippen LogP contribution in [0.2, 0.25) is 0 Å². The molecule has 1 aromatic heterocycles. The van der Waals surface area contributed by atoms with Crippen molar-refractivity contribution < 1.29 is 5.11 Å². The number of imidazole rings is 1. The number of aryl methyl sites for hydroxylation is 2. The molecule has 1 fully saturated rings. The van der Waals surface area contributed by atoms with E-state index >= 15 is 0 Å². The van der Waals surface area contributed by atoms with Gasteiger partial charge in [-0.2, -0.15) is 0 Å². The van der Waals surface area contributed by atoms with Crippen LogP contribution in [-0.4, -0.2) is 26.8 Å². The van der Waals surface area contributed by atoms with Crippen molar-refractivity contribution in [3.63, 3.8) is 0 Å². The maximum Gasteiger partial charge on any atom is 0.109 e. The van der Waals surface area contributed by atoms with E-state index in [1.54, 1.807) is 0 Å². The van der Waals surface area contributed by atoms with Gasteiger partial charge in [0.25, 0.3) is 0 Å². The van der Waals surface area contributed by atoms with E-state index in [4.69, 9.17) is 10.7 Å². The number of nitrogens with zero attached hydrogens (tertiary/aromatic N) is 2. The highest BCUT2D eigenvalue weighted by Crippen LogP contribution is 2.37. The second-order valence-corrected chi connectivity index (χ2v) is 6.21. The summed E-state index contributed by atoms with van der Waals surface area (Å²) in [5.41, 5.74) is 7.40. The van der Waals surface area contributed by atoms with Gasteiger partial charge in [0.2, 0.25) is 0 Å². The standard InChI is InChI=1S/C17H25N3O/c1-2-16-19-14-7-3-4-8-15(14)20(16)11-9-13-6-5-10-17(13,21)12-18/h3-4,7-8,13,21H,2,5-6,9-12,18H2,1H3. The first-order valence-electron chi connectivity index (χ1n) is 8.04. The minimum Gasteiger partial charge on any atom is -0.388 e. The molecule has 0 bridgehead atoms. The van der Waals surface area contributed by atoms with Crippen LogP contribution in [0.1, 0.15) is 38.4 Å². The molecule has 1 saturated carbocycles. The van der Waals surface area contributed by atoms with Crippen LogP contribution >= 0.6 is 0 Å². The van der Waals surface area contributed by atoms with E-state index in [0.29, 0.717) is 12.5 Å². The molecule has 4 nitrogen and oxygen atoms in total. The van der Waals surface area contributed by atoms with Crippen LogP contribution in [0.5, 0.6) is 0 Å². The van der Waals surface area contributed by atoms with E-state index in [2.05, 4.69) is 29.7 Å². The Labute approximate surface area is 126 Å². The zero-order valence-corrected chi connectivity index (χ0v) is 12.8. The van der Waals surface area contributed by atoms with Gasteiger partial charge in [0.1, 0.15) is 5.82 Å². The predicted molar refractivity (Wildman–Crippen MR) is 85.1 cm³/mol. The Morgan fingerprint density at radius 2 is 2.24 bits per heavy atom. The molecule has 0 saturated heterocycles. The van der Waals surface area contributed by atoms with Crippen molar-refractivity contribution in [3.8, 4) is 0 Å². The molecule has 1 aliphatic rings. The Hall–Kier alpha value is -1.39. The highest BCUT2D eigenvalue weighted by Gasteiger charge is 2.39. The second-order valence-electron chi connectivity index (χ2n) is 6.21. The first-order valence-corrected chi connectivity index (χ1v) is 8.04. The van der Waals surface area contributed by atoms with Gasteiger partial charge in [-0.15, -0.1) is 0 Å². The summed E-state index contributed by atoms with van der Waals surface area (Å²) in [5, 5.41) is 10.6. The van der Waals surface area contributed by atoms with E-state index in [0.717, 1.165) is 50.0 Å². The van der Waals surface area contributed by atoms with Crippen LogP contribution in [0.25, 0.3) is 11.0 Å². The van der Waals surface area contributed by atoms with Gasteiger partial charge < -0.3 is 15.4 Å². The molecule has 2 aromatic rings. The molecule has 1 heterocycles. The molecule has 1 aromatic carbocycles. The van der Waals surface area contributed by atoms with E-state index < -0.39 is 5.60 Å². The molecule has 0 aliphatic heterocycles. The van der Waals surface area contributed by atoms with Gasteiger partial charge in [-0.05, 0) is 37.3 Å². The van der Waals surface area contributed by atoms with Gasteiger partial charge in [0.15, 0.2) is 0 Å². The van der Waals surface area contributed by atoms with Crippen molar-refractivity contribution in [1.29, 1.82) is 0 Å². The third kappa shape index (κ3) is 2.58. The molecule has 2 unspecified atom stereocenters. The molecule has 2 atom stereocenters. The Kier molecular flexibility index (Phi) is 4.00. The maximum atomic E-state index is 10.6. The van der Waals surface area contributed by atoms with Gasteiger partial charge in [-0.1, -0.05) is 25.5 Å². The van der Waals surface area contributed by atoms with Crippen LogP contribution in [0.4, 0.5) is 0 Å². The predicted octanol–water partition coefficient (Wildman–Crippen LogP) is 2.48. The summed E-state index contributed by atoms with van der Waals surface area (Å²) in [6.45, 7) is 3.43. The fraction of sp³-hybridized carbons (Fsp3) is 0.588. The van der Waals surface area contributed by atoms with E-state index in [9.17, 15) is 5.11 Å². The lowest BCUT2D eigenvalue weighted by Gasteiger charge is -2.29. The quantitative estimate of drug-likeness (QED) is 0.888. The number of nitrogens with two attached hydrogens (primary N) is 1. The lowest BCUT2D eigenvalue weighted by molar-refractivity contribution is 0.00663. The average molecular weight is 287 g/mol. The smallest absolute Gasteiger partial charge is 0.109 e. The summed E-state index contributed by atoms with van der Waals surface area (Å²) in [7, 11) is 0. The number of fused-ring (bicyclic) bond motifs is 1. The number of hydrogen-bond donors (Lipinski definition) is 2. The van der Waals surface area contributed by atoms with Crippen molar-refractivity contribution in [2.45, 2.75) is 51.2 Å². The largest absolute Gasteiger partial charge is 0.388 e. The van der Waals surface area contributed by atoms with Crippen molar-refractivity contribution >= 4 is 11.0 Å². The number of hydrogen-bond acceptors (Lipinski definition) is 3. The molecular weight excluding hydrogens is 262 g/mol. The third-order valence-electron chi connectivity index (χ3n) is 5.03. The van der Waals surface area contributed by atoms with Gasteiger partial charge >= 0.3 is 0 Å². The van der Waals surface area contributed by atoms with Gasteiger partial charge in [0.05, 0.1) is 16.6 Å². The number of aromatic nitrogens is 2. The van der Waals surface area contributed by atoms with Gasteiger partial charge in [-0.25, -0.2) is 4.98 Å². The molecule has 3 N–H and O–H groups in total. The molecule has 3 rings (SSSR count). The number of rotatable bonds is 5. The van der Waals surface area contributed by atoms with Crippen molar-refractivity contribution in [2.24, 2.45) is 11.7 Å². The summed E-state index contributed by atoms with van der Waals surface area (Å²) in [6.07, 6.45) is 4.92. The lowest BCUT2D eigenvalue weighted by Crippen LogP contribution is -2.41. The normalized spacial score (nSPS) is 25.8. The zero-order valence-electron chi connectivity index (χ0n) is 12.8. The summed E-state index contributed by atoms with van der Waals surface area (Å²) in [5.74, 6) is 1.44. The van der Waals surface area contributed by atoms with Crippen molar-refractivity contribution in [3.05, 3.63) is 30.1 Å². The molecule has 4 heteroatoms. The molecule has 0 radical (unpaired) electrons. The average Bonchev–Trinajstić information content (AvgIpc) is 3.06. The highest BCUT2D eigenvalue weighted by atomic mass is 16.3. The molecule has 1 aliphatic carbocycles. The Balaban J connectivity index is 1.82. The van der Waals surface area contributed by atoms with Crippen molar-refractivity contribution in [1.82, 2.24) is 9.55 Å². The summed E-state index contributed by atoms with van der Waals surface area (Å²) in [6, 6.07) is 8.29. The molecule has 114 valence electrons. The van der Waals surface area contributed by atoms with Crippen LogP contribution in [-0.2, 0) is 13.0 Å². The van der Waals surface area contributed by atoms with Crippen molar-refractivity contribution in [2.75, 3.05) is 6.54 Å². The highest BCUT2D eigenvalue weighted by molar-refractivity contribution is 5.75. The van der Waals surface area contributed by atoms with Crippen LogP contribution < -0.4 is 5.73 Å². The number of para-hydroxylation sites is 2. The monoisotopic (exact) mass is 287 g/mol. The van der Waals surface area contributed by atoms with Gasteiger partial charge in [0, 0.05) is 19.5 Å². The van der Waals surface area contributed by atoms with E-state index in [1.807, 2.05) is 6.07 Å². The van der Waals surface area contributed by atoms with E-state index in [-0.39, 0.29) is 0 Å². The fourth-order valence-electron chi connectivity index (χ4n) is 3.74. The first kappa shape index (κ1) is 14.5. The zero-order chi connectivity index (χ0) is 14.9. The molecule has 21 heavy (non-hydrogen) atoms. The topological polar surface area (TPSA) is 64.1 Å². The Morgan fingerprint density at radius 1 is 1.43 bits per heavy atom. The maximum absolute atomic E-state index is 10.6.